The van der Waals surface area contributed by atoms with Crippen LogP contribution in [-0.4, -0.2) is 27.9 Å². The predicted octanol–water partition coefficient (Wildman–Crippen LogP) is 1.10. The average Bonchev–Trinajstić information content (AvgIpc) is 2.18. The molecule has 0 amide bonds. The van der Waals surface area contributed by atoms with E-state index in [1.54, 1.807) is 6.20 Å². The van der Waals surface area contributed by atoms with Gasteiger partial charge in [0.15, 0.2) is 0 Å². The van der Waals surface area contributed by atoms with Gasteiger partial charge in [0.1, 0.15) is 0 Å². The molecular weight excluding hydrogens is 178 g/mol. The largest absolute Gasteiger partial charge is 0.394 e. The summed E-state index contributed by atoms with van der Waals surface area (Å²) in [5.41, 5.74) is 0.733. The minimum Gasteiger partial charge on any atom is -0.394 e. The van der Waals surface area contributed by atoms with E-state index in [4.69, 9.17) is 5.11 Å². The number of aromatic nitrogens is 1. The lowest BCUT2D eigenvalue weighted by molar-refractivity contribution is 0.0714. The highest BCUT2D eigenvalue weighted by Crippen LogP contribution is 2.26. The molecule has 0 aliphatic carbocycles. The van der Waals surface area contributed by atoms with Crippen molar-refractivity contribution < 1.29 is 10.2 Å². The van der Waals surface area contributed by atoms with Gasteiger partial charge in [-0.15, -0.1) is 0 Å². The molecule has 0 fully saturated rings. The lowest BCUT2D eigenvalue weighted by atomic mass is 9.83. The molecule has 2 N–H and O–H groups in total. The van der Waals surface area contributed by atoms with Crippen LogP contribution in [0.25, 0.3) is 0 Å². The maximum Gasteiger partial charge on any atom is 0.0779 e. The van der Waals surface area contributed by atoms with Gasteiger partial charge in [0.2, 0.25) is 0 Å². The van der Waals surface area contributed by atoms with Gasteiger partial charge in [0.05, 0.1) is 12.7 Å². The molecule has 1 unspecified atom stereocenters. The minimum absolute atomic E-state index is 0.198. The van der Waals surface area contributed by atoms with E-state index in [9.17, 15) is 5.11 Å². The average molecular weight is 195 g/mol. The van der Waals surface area contributed by atoms with E-state index in [2.05, 4.69) is 4.98 Å². The van der Waals surface area contributed by atoms with Gasteiger partial charge in [-0.25, -0.2) is 0 Å². The van der Waals surface area contributed by atoms with Gasteiger partial charge in [0.25, 0.3) is 0 Å². The number of hydrogen-bond donors (Lipinski definition) is 2. The van der Waals surface area contributed by atoms with Crippen LogP contribution in [0, 0.1) is 0 Å². The van der Waals surface area contributed by atoms with E-state index in [1.807, 2.05) is 32.0 Å². The molecule has 0 bridgehead atoms. The first kappa shape index (κ1) is 11.1. The Kier molecular flexibility index (Phi) is 3.61. The SMILES string of the molecule is CC(C)(CC(O)CO)c1ccccn1. The number of pyridine rings is 1. The van der Waals surface area contributed by atoms with E-state index in [1.165, 1.54) is 0 Å². The normalized spacial score (nSPS) is 14.0. The van der Waals surface area contributed by atoms with Crippen molar-refractivity contribution in [1.82, 2.24) is 4.98 Å². The summed E-state index contributed by atoms with van der Waals surface area (Å²) in [7, 11) is 0. The summed E-state index contributed by atoms with van der Waals surface area (Å²) in [4.78, 5) is 4.25. The molecule has 78 valence electrons. The fraction of sp³-hybridized carbons (Fsp3) is 0.545. The van der Waals surface area contributed by atoms with Gasteiger partial charge in [-0.1, -0.05) is 19.9 Å². The Morgan fingerprint density at radius 1 is 1.43 bits per heavy atom. The third kappa shape index (κ3) is 2.79. The first-order chi connectivity index (χ1) is 6.56. The molecule has 14 heavy (non-hydrogen) atoms. The van der Waals surface area contributed by atoms with Gasteiger partial charge < -0.3 is 10.2 Å². The molecule has 0 saturated heterocycles. The minimum atomic E-state index is -0.674. The Morgan fingerprint density at radius 3 is 2.64 bits per heavy atom. The fourth-order valence-corrected chi connectivity index (χ4v) is 1.52. The monoisotopic (exact) mass is 195 g/mol. The summed E-state index contributed by atoms with van der Waals surface area (Å²) in [5.74, 6) is 0. The second-order valence-electron chi connectivity index (χ2n) is 4.14. The molecule has 0 aliphatic rings. The summed E-state index contributed by atoms with van der Waals surface area (Å²) < 4.78 is 0. The molecule has 0 aromatic carbocycles. The van der Waals surface area contributed by atoms with Crippen LogP contribution in [-0.2, 0) is 5.41 Å². The van der Waals surface area contributed by atoms with Crippen molar-refractivity contribution in [2.45, 2.75) is 31.8 Å². The molecule has 0 spiro atoms. The quantitative estimate of drug-likeness (QED) is 0.756. The standard InChI is InChI=1S/C11H17NO2/c1-11(2,7-9(14)8-13)10-5-3-4-6-12-10/h3-6,9,13-14H,7-8H2,1-2H3. The zero-order valence-corrected chi connectivity index (χ0v) is 8.64. The molecule has 0 saturated carbocycles. The van der Waals surface area contributed by atoms with Crippen LogP contribution in [0.2, 0.25) is 0 Å². The molecule has 1 rings (SSSR count). The first-order valence-corrected chi connectivity index (χ1v) is 4.76. The van der Waals surface area contributed by atoms with Crippen LogP contribution in [0.15, 0.2) is 24.4 Å². The summed E-state index contributed by atoms with van der Waals surface area (Å²) in [5, 5.41) is 18.2. The van der Waals surface area contributed by atoms with Crippen molar-refractivity contribution in [3.05, 3.63) is 30.1 Å². The molecule has 0 aliphatic heterocycles. The number of aliphatic hydroxyl groups excluding tert-OH is 2. The lowest BCUT2D eigenvalue weighted by Crippen LogP contribution is -2.27. The number of aliphatic hydroxyl groups is 2. The van der Waals surface area contributed by atoms with Gasteiger partial charge >= 0.3 is 0 Å². The summed E-state index contributed by atoms with van der Waals surface area (Å²) >= 11 is 0. The van der Waals surface area contributed by atoms with Crippen LogP contribution in [0.3, 0.4) is 0 Å². The van der Waals surface area contributed by atoms with Crippen LogP contribution in [0.5, 0.6) is 0 Å². The second-order valence-corrected chi connectivity index (χ2v) is 4.14. The Hall–Kier alpha value is -0.930. The van der Waals surface area contributed by atoms with Gasteiger partial charge in [-0.3, -0.25) is 4.98 Å². The lowest BCUT2D eigenvalue weighted by Gasteiger charge is -2.25. The zero-order valence-electron chi connectivity index (χ0n) is 8.64. The number of rotatable bonds is 4. The first-order valence-electron chi connectivity index (χ1n) is 4.76. The second kappa shape index (κ2) is 4.53. The van der Waals surface area contributed by atoms with Crippen molar-refractivity contribution in [3.63, 3.8) is 0 Å². The maximum absolute atomic E-state index is 9.38. The van der Waals surface area contributed by atoms with Crippen LogP contribution >= 0.6 is 0 Å². The Bertz CT molecular complexity index is 272. The van der Waals surface area contributed by atoms with Crippen LogP contribution in [0.4, 0.5) is 0 Å². The molecule has 0 radical (unpaired) electrons. The Morgan fingerprint density at radius 2 is 2.14 bits per heavy atom. The summed E-state index contributed by atoms with van der Waals surface area (Å²) in [6, 6.07) is 5.72. The van der Waals surface area contributed by atoms with Crippen molar-refractivity contribution in [2.75, 3.05) is 6.61 Å². The zero-order chi connectivity index (χ0) is 10.6. The van der Waals surface area contributed by atoms with E-state index in [0.717, 1.165) is 5.69 Å². The van der Waals surface area contributed by atoms with E-state index in [0.29, 0.717) is 6.42 Å². The topological polar surface area (TPSA) is 53.4 Å². The van der Waals surface area contributed by atoms with E-state index < -0.39 is 6.10 Å². The summed E-state index contributed by atoms with van der Waals surface area (Å²) in [6.45, 7) is 3.82. The molecule has 3 heteroatoms. The van der Waals surface area contributed by atoms with Crippen molar-refractivity contribution in [2.24, 2.45) is 0 Å². The van der Waals surface area contributed by atoms with Crippen molar-refractivity contribution >= 4 is 0 Å². The molecule has 1 heterocycles. The van der Waals surface area contributed by atoms with Crippen molar-refractivity contribution in [1.29, 1.82) is 0 Å². The highest BCUT2D eigenvalue weighted by molar-refractivity contribution is 5.14. The Balaban J connectivity index is 2.75. The smallest absolute Gasteiger partial charge is 0.0779 e. The molecule has 1 aromatic rings. The van der Waals surface area contributed by atoms with Crippen LogP contribution in [0.1, 0.15) is 26.0 Å². The fourth-order valence-electron chi connectivity index (χ4n) is 1.52. The van der Waals surface area contributed by atoms with Gasteiger partial charge in [-0.05, 0) is 18.6 Å². The molecule has 1 aromatic heterocycles. The predicted molar refractivity (Wildman–Crippen MR) is 55.0 cm³/mol. The summed E-state index contributed by atoms with van der Waals surface area (Å²) in [6.07, 6.45) is 1.58. The van der Waals surface area contributed by atoms with Gasteiger partial charge in [-0.2, -0.15) is 0 Å². The highest BCUT2D eigenvalue weighted by atomic mass is 16.3. The molecular formula is C11H17NO2. The highest BCUT2D eigenvalue weighted by Gasteiger charge is 2.24. The van der Waals surface area contributed by atoms with Crippen LogP contribution < -0.4 is 0 Å². The Labute approximate surface area is 84.4 Å². The third-order valence-corrected chi connectivity index (χ3v) is 2.31. The third-order valence-electron chi connectivity index (χ3n) is 2.31. The number of nitrogens with zero attached hydrogens (tertiary/aromatic N) is 1. The maximum atomic E-state index is 9.38. The van der Waals surface area contributed by atoms with Gasteiger partial charge in [0, 0.05) is 17.3 Å². The van der Waals surface area contributed by atoms with Crippen molar-refractivity contribution in [3.8, 4) is 0 Å². The van der Waals surface area contributed by atoms with E-state index in [-0.39, 0.29) is 12.0 Å². The number of hydrogen-bond acceptors (Lipinski definition) is 3. The van der Waals surface area contributed by atoms with E-state index >= 15 is 0 Å². The molecule has 1 atom stereocenters. The molecule has 3 nitrogen and oxygen atoms in total.